The van der Waals surface area contributed by atoms with Crippen LogP contribution in [0, 0.1) is 5.41 Å². The normalized spacial score (nSPS) is 30.2. The van der Waals surface area contributed by atoms with Gasteiger partial charge in [0.25, 0.3) is 5.91 Å². The topological polar surface area (TPSA) is 261 Å². The Morgan fingerprint density at radius 1 is 0.917 bits per heavy atom. The number of carbonyl (C=O) groups excluding carboxylic acids is 4. The van der Waals surface area contributed by atoms with Crippen LogP contribution >= 0.6 is 0 Å². The van der Waals surface area contributed by atoms with Crippen molar-refractivity contribution in [3.8, 4) is 0 Å². The number of unbranched alkanes of at least 4 members (excludes halogenated alkanes) is 4. The molecule has 19 heteroatoms. The predicted molar refractivity (Wildman–Crippen MR) is 259 cm³/mol. The van der Waals surface area contributed by atoms with Crippen LogP contribution in [-0.4, -0.2) is 153 Å². The summed E-state index contributed by atoms with van der Waals surface area (Å²) in [5, 5.41) is 57.4. The van der Waals surface area contributed by atoms with Crippen molar-refractivity contribution in [3.63, 3.8) is 0 Å². The van der Waals surface area contributed by atoms with E-state index in [0.29, 0.717) is 18.4 Å². The summed E-state index contributed by atoms with van der Waals surface area (Å²) in [6, 6.07) is 12.3. The Labute approximate surface area is 421 Å². The number of fused-ring (bicyclic) bond motifs is 4. The van der Waals surface area contributed by atoms with Crippen molar-refractivity contribution in [2.75, 3.05) is 19.8 Å². The molecule has 5 fully saturated rings. The average molecular weight is 1010 g/mol. The van der Waals surface area contributed by atoms with Crippen molar-refractivity contribution in [2.24, 2.45) is 5.41 Å². The molecule has 0 spiro atoms. The third-order valence-corrected chi connectivity index (χ3v) is 14.1. The van der Waals surface area contributed by atoms with Crippen LogP contribution in [0.1, 0.15) is 132 Å². The molecule has 398 valence electrons. The lowest BCUT2D eigenvalue weighted by Gasteiger charge is -2.48. The number of esters is 2. The van der Waals surface area contributed by atoms with Crippen LogP contribution in [0.5, 0.6) is 0 Å². The van der Waals surface area contributed by atoms with Crippen LogP contribution < -0.4 is 10.6 Å². The van der Waals surface area contributed by atoms with Gasteiger partial charge in [-0.15, -0.1) is 0 Å². The number of amides is 2. The molecule has 1 saturated carbocycles. The molecule has 4 aliphatic heterocycles. The Kier molecular flexibility index (Phi) is 18.7. The molecule has 2 aromatic rings. The molecule has 4 heterocycles. The zero-order valence-electron chi connectivity index (χ0n) is 42.1. The van der Waals surface area contributed by atoms with Crippen molar-refractivity contribution in [3.05, 3.63) is 76.9 Å². The van der Waals surface area contributed by atoms with E-state index in [0.717, 1.165) is 49.7 Å². The highest BCUT2D eigenvalue weighted by atomic mass is 16.8. The summed E-state index contributed by atoms with van der Waals surface area (Å²) < 4.78 is 36.5. The molecule has 7 rings (SSSR count). The summed E-state index contributed by atoms with van der Waals surface area (Å²) in [5.74, 6) is -2.88. The second-order valence-corrected chi connectivity index (χ2v) is 20.7. The number of benzene rings is 2. The number of nitrogens with zero attached hydrogens (tertiary/aromatic N) is 1. The number of aliphatic hydroxyl groups excluding tert-OH is 5. The van der Waals surface area contributed by atoms with Crippen molar-refractivity contribution in [1.82, 2.24) is 15.7 Å². The van der Waals surface area contributed by atoms with E-state index in [2.05, 4.69) is 24.5 Å². The van der Waals surface area contributed by atoms with Crippen molar-refractivity contribution in [2.45, 2.75) is 197 Å². The quantitative estimate of drug-likeness (QED) is 0.0587. The van der Waals surface area contributed by atoms with Gasteiger partial charge in [-0.05, 0) is 68.9 Å². The minimum absolute atomic E-state index is 0.00716. The molecule has 4 saturated heterocycles. The highest BCUT2D eigenvalue weighted by Gasteiger charge is 2.76. The summed E-state index contributed by atoms with van der Waals surface area (Å²) in [5.41, 5.74) is 0.340. The molecule has 1 aliphatic carbocycles. The monoisotopic (exact) mass is 1010 g/mol. The third-order valence-electron chi connectivity index (χ3n) is 14.1. The molecule has 0 unspecified atom stereocenters. The predicted octanol–water partition coefficient (Wildman–Crippen LogP) is 3.49. The molecule has 2 bridgehead atoms. The lowest BCUT2D eigenvalue weighted by Crippen LogP contribution is -2.69. The molecule has 19 nitrogen and oxygen atoms in total. The highest BCUT2D eigenvalue weighted by Crippen LogP contribution is 2.58. The summed E-state index contributed by atoms with van der Waals surface area (Å²) in [4.78, 5) is 62.1. The fraction of sp³-hybridized carbons (Fsp3) is 0.660. The van der Waals surface area contributed by atoms with Gasteiger partial charge >= 0.3 is 11.9 Å². The third kappa shape index (κ3) is 12.7. The van der Waals surface area contributed by atoms with E-state index in [9.17, 15) is 39.9 Å². The van der Waals surface area contributed by atoms with Gasteiger partial charge in [0.1, 0.15) is 59.8 Å². The van der Waals surface area contributed by atoms with Gasteiger partial charge in [-0.3, -0.25) is 24.0 Å². The molecule has 7 N–H and O–H groups in total. The maximum absolute atomic E-state index is 15.1. The summed E-state index contributed by atoms with van der Waals surface area (Å²) >= 11 is 0. The van der Waals surface area contributed by atoms with Gasteiger partial charge in [0.15, 0.2) is 18.1 Å². The number of aliphatic hydroxyl groups is 5. The fourth-order valence-corrected chi connectivity index (χ4v) is 10.5. The maximum atomic E-state index is 15.1. The van der Waals surface area contributed by atoms with Gasteiger partial charge in [-0.1, -0.05) is 88.1 Å². The van der Waals surface area contributed by atoms with Gasteiger partial charge in [0, 0.05) is 37.8 Å². The molecule has 0 radical (unpaired) electrons. The Morgan fingerprint density at radius 2 is 1.62 bits per heavy atom. The van der Waals surface area contributed by atoms with Crippen molar-refractivity contribution >= 4 is 29.8 Å². The van der Waals surface area contributed by atoms with E-state index in [-0.39, 0.29) is 51.1 Å². The number of hydroxylamine groups is 2. The molecule has 0 aromatic heterocycles. The van der Waals surface area contributed by atoms with Crippen LogP contribution in [0.2, 0.25) is 0 Å². The molecular formula is C53H75N3O16. The van der Waals surface area contributed by atoms with Gasteiger partial charge in [0.05, 0.1) is 32.4 Å². The van der Waals surface area contributed by atoms with E-state index < -0.39 is 114 Å². The minimum Gasteiger partial charge on any atom is -0.460 e. The summed E-state index contributed by atoms with van der Waals surface area (Å²) in [7, 11) is 0. The van der Waals surface area contributed by atoms with Crippen LogP contribution in [0.4, 0.5) is 0 Å². The Hall–Kier alpha value is -4.38. The number of rotatable bonds is 24. The van der Waals surface area contributed by atoms with Gasteiger partial charge in [0.2, 0.25) is 5.91 Å². The van der Waals surface area contributed by atoms with Crippen LogP contribution in [-0.2, 0) is 60.7 Å². The van der Waals surface area contributed by atoms with E-state index in [1.54, 1.807) is 57.2 Å². The summed E-state index contributed by atoms with van der Waals surface area (Å²) in [6.07, 6.45) is 0.789. The zero-order valence-corrected chi connectivity index (χ0v) is 42.1. The SMILES string of the molecule is CCCCCC1(CCCCC)O[C@@H]2[C@H](O1)[C@H]1ON(Cc3ccc(C=CCO[C@H]4O[C@H](CO)[C@H](O)[C@H](O)[C@H]4O)cc3)[C@@H]3C(=O)O[C@@H]2C[C@]13C(=O)NCc1cccc(C(=O)N[C@H](CO)CCC(=O)OC(C)(C)C)c1. The van der Waals surface area contributed by atoms with E-state index in [1.165, 1.54) is 5.06 Å². The molecule has 72 heavy (non-hydrogen) atoms. The molecule has 2 amide bonds. The largest absolute Gasteiger partial charge is 0.460 e. The lowest BCUT2D eigenvalue weighted by atomic mass is 9.62. The first-order valence-electron chi connectivity index (χ1n) is 25.6. The number of carbonyl (C=O) groups is 4. The molecular weight excluding hydrogens is 935 g/mol. The van der Waals surface area contributed by atoms with Crippen LogP contribution in [0.3, 0.4) is 0 Å². The lowest BCUT2D eigenvalue weighted by molar-refractivity contribution is -0.298. The first kappa shape index (κ1) is 55.4. The Bertz CT molecular complexity index is 2170. The van der Waals surface area contributed by atoms with Crippen LogP contribution in [0.15, 0.2) is 54.6 Å². The first-order valence-corrected chi connectivity index (χ1v) is 25.6. The van der Waals surface area contributed by atoms with E-state index >= 15 is 4.79 Å². The smallest absolute Gasteiger partial charge is 0.327 e. The van der Waals surface area contributed by atoms with Crippen molar-refractivity contribution < 1.29 is 78.0 Å². The summed E-state index contributed by atoms with van der Waals surface area (Å²) in [6.45, 7) is 8.72. The Balaban J connectivity index is 1.08. The Morgan fingerprint density at radius 3 is 2.29 bits per heavy atom. The maximum Gasteiger partial charge on any atom is 0.327 e. The van der Waals surface area contributed by atoms with E-state index in [1.807, 2.05) is 24.3 Å². The molecule has 5 aliphatic rings. The number of hydrogen-bond acceptors (Lipinski definition) is 17. The average Bonchev–Trinajstić information content (AvgIpc) is 3.91. The number of nitrogens with one attached hydrogen (secondary N) is 2. The number of ether oxygens (including phenoxy) is 6. The fourth-order valence-electron chi connectivity index (χ4n) is 10.5. The van der Waals surface area contributed by atoms with Crippen molar-refractivity contribution in [1.29, 1.82) is 0 Å². The second-order valence-electron chi connectivity index (χ2n) is 20.7. The minimum atomic E-state index is -1.55. The zero-order chi connectivity index (χ0) is 51.8. The molecule has 12 atom stereocenters. The molecule has 2 aromatic carbocycles. The number of hydrogen-bond donors (Lipinski definition) is 7. The first-order chi connectivity index (χ1) is 34.4. The van der Waals surface area contributed by atoms with Gasteiger partial charge in [-0.25, -0.2) is 0 Å². The standard InChI is InChI=1S/C53H75N3O16/c1-6-8-10-23-52(24-11-9-7-2)70-43-37-27-53(50(65)54-28-34-14-12-16-35(26-34)47(63)55-36(30-57)21-22-39(59)69-51(3,4)5)45(48(64)67-37)56(72-46(53)44(43)71-52)29-33-19-17-32(18-20-33)15-13-25-66-49-42(62)41(61)40(60)38(31-58)68-49/h12-20,26,36-38,40-46,49,57-58,60-62H,6-11,21-25,27-31H2,1-5H3,(H,54,65)(H,55,63)/t36-,37+,38+,40-,41-,42+,43-,44-,45+,46+,49-,53+/m0/s1. The second kappa shape index (κ2) is 24.3. The highest BCUT2D eigenvalue weighted by molar-refractivity contribution is 5.95. The van der Waals surface area contributed by atoms with Crippen LogP contribution in [0.25, 0.3) is 6.08 Å². The van der Waals surface area contributed by atoms with Gasteiger partial charge in [-0.2, -0.15) is 5.06 Å². The van der Waals surface area contributed by atoms with Gasteiger partial charge < -0.3 is 64.6 Å². The van der Waals surface area contributed by atoms with E-state index in [4.69, 9.17) is 33.3 Å².